The second kappa shape index (κ2) is 6.73. The van der Waals surface area contributed by atoms with Crippen molar-refractivity contribution < 1.29 is 27.4 Å². The predicted octanol–water partition coefficient (Wildman–Crippen LogP) is 3.20. The van der Waals surface area contributed by atoms with Crippen LogP contribution in [0.3, 0.4) is 0 Å². The maximum atomic E-state index is 12.3. The van der Waals surface area contributed by atoms with Gasteiger partial charge in [0.1, 0.15) is 0 Å². The lowest BCUT2D eigenvalue weighted by atomic mass is 10.1. The lowest BCUT2D eigenvalue weighted by Crippen LogP contribution is -2.21. The normalized spacial score (nSPS) is 11.3. The number of pyridine rings is 1. The number of carbonyl (C=O) groups is 1. The van der Waals surface area contributed by atoms with E-state index in [4.69, 9.17) is 0 Å². The van der Waals surface area contributed by atoms with Gasteiger partial charge in [0.25, 0.3) is 0 Å². The zero-order valence-corrected chi connectivity index (χ0v) is 13.3. The van der Waals surface area contributed by atoms with Crippen molar-refractivity contribution in [2.24, 2.45) is 0 Å². The van der Waals surface area contributed by atoms with Gasteiger partial charge in [-0.15, -0.1) is 13.2 Å². The number of esters is 1. The molecule has 1 rings (SSSR count). The molecule has 0 radical (unpaired) electrons. The fraction of sp³-hybridized carbons (Fsp3) is 0.400. The lowest BCUT2D eigenvalue weighted by Gasteiger charge is -2.15. The summed E-state index contributed by atoms with van der Waals surface area (Å²) in [7, 11) is 1.15. The Morgan fingerprint density at radius 1 is 1.47 bits per heavy atom. The fourth-order valence-corrected chi connectivity index (χ4v) is 3.11. The topological polar surface area (TPSA) is 48.4 Å². The van der Waals surface area contributed by atoms with Crippen LogP contribution < -0.4 is 4.74 Å². The smallest absolute Gasteiger partial charge is 0.469 e. The average Bonchev–Trinajstić information content (AvgIpc) is 2.31. The predicted molar refractivity (Wildman–Crippen MR) is 72.0 cm³/mol. The number of alkyl halides is 4. The summed E-state index contributed by atoms with van der Waals surface area (Å²) < 4.78 is 45.8. The summed E-state index contributed by atoms with van der Waals surface area (Å²) in [6.45, 7) is 0. The third-order valence-corrected chi connectivity index (χ3v) is 3.59. The van der Waals surface area contributed by atoms with Gasteiger partial charge in [-0.3, -0.25) is 4.79 Å². The first kappa shape index (κ1) is 16.5. The van der Waals surface area contributed by atoms with Crippen molar-refractivity contribution in [3.8, 4) is 5.88 Å². The Balaban J connectivity index is 3.25. The Hall–Kier alpha value is -0.580. The van der Waals surface area contributed by atoms with Crippen LogP contribution in [-0.4, -0.2) is 24.4 Å². The van der Waals surface area contributed by atoms with Gasteiger partial charge in [0.15, 0.2) is 0 Å². The quantitative estimate of drug-likeness (QED) is 0.399. The van der Waals surface area contributed by atoms with Crippen molar-refractivity contribution >= 4 is 44.5 Å². The molecule has 0 amide bonds. The lowest BCUT2D eigenvalue weighted by molar-refractivity contribution is -0.276. The second-order valence-electron chi connectivity index (χ2n) is 3.30. The number of ether oxygens (including phenoxy) is 2. The highest BCUT2D eigenvalue weighted by molar-refractivity contribution is 14.1. The number of halogens is 5. The van der Waals surface area contributed by atoms with Gasteiger partial charge in [0.2, 0.25) is 5.88 Å². The minimum absolute atomic E-state index is 0.0629. The summed E-state index contributed by atoms with van der Waals surface area (Å²) in [5, 5.41) is 0.272. The van der Waals surface area contributed by atoms with E-state index in [2.05, 4.69) is 30.4 Å². The number of hydrogen-bond donors (Lipinski definition) is 0. The highest BCUT2D eigenvalue weighted by Gasteiger charge is 2.34. The molecule has 9 heteroatoms. The molecule has 0 aliphatic rings. The van der Waals surface area contributed by atoms with Crippen LogP contribution in [-0.2, 0) is 21.3 Å². The maximum absolute atomic E-state index is 12.3. The van der Waals surface area contributed by atoms with Crippen molar-refractivity contribution in [2.75, 3.05) is 7.11 Å². The zero-order valence-electron chi connectivity index (χ0n) is 9.55. The molecule has 0 N–H and O–H groups in total. The monoisotopic (exact) mass is 453 g/mol. The van der Waals surface area contributed by atoms with Gasteiger partial charge >= 0.3 is 12.3 Å². The second-order valence-corrected chi connectivity index (χ2v) is 5.03. The van der Waals surface area contributed by atoms with Crippen molar-refractivity contribution in [3.05, 3.63) is 20.9 Å². The minimum Gasteiger partial charge on any atom is -0.469 e. The SMILES string of the molecule is COC(=O)Cc1c(OC(F)(F)F)ncc(I)c1CBr. The first-order chi connectivity index (χ1) is 8.78. The summed E-state index contributed by atoms with van der Waals surface area (Å²) in [6.07, 6.45) is -3.96. The van der Waals surface area contributed by atoms with Crippen LogP contribution >= 0.6 is 38.5 Å². The molecule has 0 bridgehead atoms. The average molecular weight is 454 g/mol. The van der Waals surface area contributed by atoms with E-state index in [1.165, 1.54) is 6.20 Å². The third kappa shape index (κ3) is 4.79. The van der Waals surface area contributed by atoms with Crippen LogP contribution in [0.2, 0.25) is 0 Å². The summed E-state index contributed by atoms with van der Waals surface area (Å²) in [4.78, 5) is 14.9. The Kier molecular flexibility index (Phi) is 5.83. The standard InChI is InChI=1S/C10H8BrF3INO3/c1-18-8(17)2-5-6(3-11)7(15)4-16-9(5)19-10(12,13)14/h4H,2-3H2,1H3. The van der Waals surface area contributed by atoms with E-state index >= 15 is 0 Å². The molecular weight excluding hydrogens is 446 g/mol. The summed E-state index contributed by atoms with van der Waals surface area (Å²) >= 11 is 5.08. The molecule has 1 aromatic rings. The largest absolute Gasteiger partial charge is 0.574 e. The van der Waals surface area contributed by atoms with E-state index in [0.717, 1.165) is 7.11 Å². The molecule has 0 saturated heterocycles. The Labute approximate surface area is 128 Å². The first-order valence-electron chi connectivity index (χ1n) is 4.83. The number of hydrogen-bond acceptors (Lipinski definition) is 4. The molecule has 0 fully saturated rings. The highest BCUT2D eigenvalue weighted by atomic mass is 127. The number of aromatic nitrogens is 1. The molecule has 4 nitrogen and oxygen atoms in total. The van der Waals surface area contributed by atoms with Crippen molar-refractivity contribution in [1.82, 2.24) is 4.98 Å². The molecule has 0 aliphatic heterocycles. The third-order valence-electron chi connectivity index (χ3n) is 2.10. The van der Waals surface area contributed by atoms with Crippen LogP contribution in [0.1, 0.15) is 11.1 Å². The molecule has 106 valence electrons. The molecule has 0 atom stereocenters. The van der Waals surface area contributed by atoms with Crippen LogP contribution in [0.4, 0.5) is 13.2 Å². The number of nitrogens with zero attached hydrogens (tertiary/aromatic N) is 1. The Bertz CT molecular complexity index is 482. The molecule has 1 aromatic heterocycles. The highest BCUT2D eigenvalue weighted by Crippen LogP contribution is 2.30. The van der Waals surface area contributed by atoms with Crippen molar-refractivity contribution in [1.29, 1.82) is 0 Å². The van der Waals surface area contributed by atoms with Crippen molar-refractivity contribution in [3.63, 3.8) is 0 Å². The van der Waals surface area contributed by atoms with Gasteiger partial charge in [-0.1, -0.05) is 15.9 Å². The maximum Gasteiger partial charge on any atom is 0.574 e. The van der Waals surface area contributed by atoms with E-state index in [-0.39, 0.29) is 17.3 Å². The molecule has 0 aliphatic carbocycles. The van der Waals surface area contributed by atoms with E-state index in [1.807, 2.05) is 22.6 Å². The molecular formula is C10H8BrF3INO3. The zero-order chi connectivity index (χ0) is 14.6. The number of methoxy groups -OCH3 is 1. The van der Waals surface area contributed by atoms with E-state index in [0.29, 0.717) is 9.13 Å². The van der Waals surface area contributed by atoms with Crippen LogP contribution in [0.25, 0.3) is 0 Å². The molecule has 0 unspecified atom stereocenters. The van der Waals surface area contributed by atoms with Crippen LogP contribution in [0, 0.1) is 3.57 Å². The molecule has 1 heterocycles. The first-order valence-corrected chi connectivity index (χ1v) is 7.03. The van der Waals surface area contributed by atoms with Gasteiger partial charge < -0.3 is 9.47 Å². The van der Waals surface area contributed by atoms with Crippen LogP contribution in [0.5, 0.6) is 5.88 Å². The Morgan fingerprint density at radius 2 is 2.11 bits per heavy atom. The fourth-order valence-electron chi connectivity index (χ4n) is 1.29. The van der Waals surface area contributed by atoms with E-state index in [9.17, 15) is 18.0 Å². The van der Waals surface area contributed by atoms with Crippen LogP contribution in [0.15, 0.2) is 6.20 Å². The van der Waals surface area contributed by atoms with Gasteiger partial charge in [0.05, 0.1) is 13.5 Å². The summed E-state index contributed by atoms with van der Waals surface area (Å²) in [5.74, 6) is -1.30. The number of carbonyl (C=O) groups excluding carboxylic acids is 1. The summed E-state index contributed by atoms with van der Waals surface area (Å²) in [6, 6.07) is 0. The van der Waals surface area contributed by atoms with Gasteiger partial charge in [-0.2, -0.15) is 0 Å². The molecule has 0 saturated carbocycles. The van der Waals surface area contributed by atoms with Gasteiger partial charge in [-0.05, 0) is 28.2 Å². The van der Waals surface area contributed by atoms with Crippen molar-refractivity contribution in [2.45, 2.75) is 18.1 Å². The molecule has 0 aromatic carbocycles. The summed E-state index contributed by atoms with van der Waals surface area (Å²) in [5.41, 5.74) is 0.577. The molecule has 0 spiro atoms. The van der Waals surface area contributed by atoms with Gasteiger partial charge in [0, 0.05) is 20.7 Å². The van der Waals surface area contributed by atoms with Gasteiger partial charge in [-0.25, -0.2) is 4.98 Å². The molecule has 19 heavy (non-hydrogen) atoms. The number of rotatable bonds is 4. The minimum atomic E-state index is -4.87. The Morgan fingerprint density at radius 3 is 2.58 bits per heavy atom. The van der Waals surface area contributed by atoms with E-state index in [1.54, 1.807) is 0 Å². The van der Waals surface area contributed by atoms with E-state index < -0.39 is 18.2 Å².